The molecule has 1 aromatic rings. The van der Waals surface area contributed by atoms with Crippen LogP contribution in [0, 0.1) is 17.8 Å². The van der Waals surface area contributed by atoms with Crippen molar-refractivity contribution in [1.82, 2.24) is 5.32 Å². The van der Waals surface area contributed by atoms with Gasteiger partial charge >= 0.3 is 0 Å². The van der Waals surface area contributed by atoms with Crippen molar-refractivity contribution in [1.29, 1.82) is 0 Å². The molecule has 0 heterocycles. The third kappa shape index (κ3) is 3.56. The van der Waals surface area contributed by atoms with Gasteiger partial charge in [-0.25, -0.2) is 0 Å². The Labute approximate surface area is 166 Å². The molecule has 1 aromatic carbocycles. The topological polar surface area (TPSA) is 64.3 Å². The first-order valence-corrected chi connectivity index (χ1v) is 9.67. The summed E-state index contributed by atoms with van der Waals surface area (Å²) >= 11 is 6.17. The average Bonchev–Trinajstić information content (AvgIpc) is 2.51. The Bertz CT molecular complexity index is 678. The Morgan fingerprint density at radius 3 is 2.42 bits per heavy atom. The van der Waals surface area contributed by atoms with Crippen molar-refractivity contribution in [2.75, 3.05) is 0 Å². The zero-order valence-corrected chi connectivity index (χ0v) is 16.9. The van der Waals surface area contributed by atoms with Crippen LogP contribution in [0.15, 0.2) is 24.3 Å². The largest absolute Gasteiger partial charge is 0.476 e. The fourth-order valence-electron chi connectivity index (χ4n) is 5.50. The van der Waals surface area contributed by atoms with Gasteiger partial charge in [0.1, 0.15) is 5.75 Å². The highest BCUT2D eigenvalue weighted by molar-refractivity contribution is 6.32. The number of nitrogens with one attached hydrogen (secondary N) is 1. The Hall–Kier alpha value is -0.970. The molecule has 6 heteroatoms. The van der Waals surface area contributed by atoms with Gasteiger partial charge in [0.15, 0.2) is 5.60 Å². The molecule has 0 aliphatic heterocycles. The van der Waals surface area contributed by atoms with Crippen molar-refractivity contribution in [3.05, 3.63) is 29.3 Å². The average molecular weight is 399 g/mol. The van der Waals surface area contributed by atoms with Crippen LogP contribution < -0.4 is 15.8 Å². The smallest absolute Gasteiger partial charge is 0.263 e. The first-order chi connectivity index (χ1) is 11.8. The number of rotatable bonds is 4. The number of hydrogen-bond acceptors (Lipinski definition) is 3. The van der Waals surface area contributed by atoms with Gasteiger partial charge < -0.3 is 15.8 Å². The summed E-state index contributed by atoms with van der Waals surface area (Å²) in [5.74, 6) is 2.24. The molecule has 0 radical (unpaired) electrons. The first kappa shape index (κ1) is 19.8. The van der Waals surface area contributed by atoms with Crippen LogP contribution in [-0.4, -0.2) is 23.1 Å². The molecule has 4 fully saturated rings. The number of para-hydroxylation sites is 1. The second kappa shape index (κ2) is 6.88. The number of halogens is 2. The standard InChI is InChI=1S/C20H27ClN2O2.ClH/c1-19(2,25-16-6-4-3-5-15(16)21)18(24)23-17-13-7-12-8-14(17)11-20(22,9-12)10-13;/h3-6,12-14,17H,7-11,22H2,1-2H3,(H,23,24);1H/t12?,13-,14+,17?,20?;. The zero-order valence-electron chi connectivity index (χ0n) is 15.3. The van der Waals surface area contributed by atoms with Gasteiger partial charge in [0, 0.05) is 11.6 Å². The van der Waals surface area contributed by atoms with Crippen molar-refractivity contribution in [2.45, 2.75) is 63.1 Å². The minimum absolute atomic E-state index is 0. The second-order valence-electron chi connectivity index (χ2n) is 8.87. The highest BCUT2D eigenvalue weighted by atomic mass is 35.5. The van der Waals surface area contributed by atoms with Crippen molar-refractivity contribution in [3.63, 3.8) is 0 Å². The molecule has 4 nitrogen and oxygen atoms in total. The lowest BCUT2D eigenvalue weighted by molar-refractivity contribution is -0.138. The summed E-state index contributed by atoms with van der Waals surface area (Å²) in [5.41, 5.74) is 5.61. The van der Waals surface area contributed by atoms with Crippen molar-refractivity contribution in [2.24, 2.45) is 23.5 Å². The molecule has 144 valence electrons. The SMILES string of the molecule is CC(C)(Oc1ccccc1Cl)C(=O)NC1[C@@H]2CC3C[C@H]1CC(N)(C3)C2.Cl. The van der Waals surface area contributed by atoms with E-state index >= 15 is 0 Å². The molecule has 1 amide bonds. The van der Waals surface area contributed by atoms with E-state index < -0.39 is 5.60 Å². The van der Waals surface area contributed by atoms with E-state index in [0.717, 1.165) is 18.8 Å². The molecule has 3 unspecified atom stereocenters. The Balaban J connectivity index is 0.00000196. The fourth-order valence-corrected chi connectivity index (χ4v) is 5.67. The fraction of sp³-hybridized carbons (Fsp3) is 0.650. The van der Waals surface area contributed by atoms with Gasteiger partial charge in [-0.15, -0.1) is 12.4 Å². The highest BCUT2D eigenvalue weighted by Gasteiger charge is 2.54. The molecule has 26 heavy (non-hydrogen) atoms. The molecule has 0 spiro atoms. The minimum Gasteiger partial charge on any atom is -0.476 e. The van der Waals surface area contributed by atoms with Crippen molar-refractivity contribution >= 4 is 29.9 Å². The summed E-state index contributed by atoms with van der Waals surface area (Å²) in [4.78, 5) is 12.9. The van der Waals surface area contributed by atoms with Crippen LogP contribution in [0.4, 0.5) is 0 Å². The Morgan fingerprint density at radius 2 is 1.85 bits per heavy atom. The molecule has 5 atom stereocenters. The van der Waals surface area contributed by atoms with Gasteiger partial charge in [-0.1, -0.05) is 23.7 Å². The summed E-state index contributed by atoms with van der Waals surface area (Å²) in [7, 11) is 0. The van der Waals surface area contributed by atoms with Crippen LogP contribution in [-0.2, 0) is 4.79 Å². The lowest BCUT2D eigenvalue weighted by Gasteiger charge is -2.59. The Morgan fingerprint density at radius 1 is 1.23 bits per heavy atom. The maximum absolute atomic E-state index is 12.9. The maximum Gasteiger partial charge on any atom is 0.263 e. The number of carbonyl (C=O) groups is 1. The molecule has 4 bridgehead atoms. The highest BCUT2D eigenvalue weighted by Crippen LogP contribution is 2.54. The molecule has 5 rings (SSSR count). The summed E-state index contributed by atoms with van der Waals surface area (Å²) in [6.45, 7) is 3.60. The number of nitrogens with two attached hydrogens (primary N) is 1. The second-order valence-corrected chi connectivity index (χ2v) is 9.28. The molecule has 0 aromatic heterocycles. The minimum atomic E-state index is -0.972. The van der Waals surface area contributed by atoms with Gasteiger partial charge in [0.25, 0.3) is 5.91 Å². The van der Waals surface area contributed by atoms with Gasteiger partial charge in [-0.05, 0) is 75.8 Å². The predicted octanol–water partition coefficient (Wildman–Crippen LogP) is 3.94. The number of amides is 1. The van der Waals surface area contributed by atoms with Crippen LogP contribution in [0.2, 0.25) is 5.02 Å². The molecule has 3 N–H and O–H groups in total. The summed E-state index contributed by atoms with van der Waals surface area (Å²) in [6, 6.07) is 7.49. The monoisotopic (exact) mass is 398 g/mol. The number of hydrogen-bond donors (Lipinski definition) is 2. The Kier molecular flexibility index (Phi) is 5.24. The molecule has 4 saturated carbocycles. The number of carbonyl (C=O) groups excluding carboxylic acids is 1. The van der Waals surface area contributed by atoms with E-state index in [-0.39, 0.29) is 29.9 Å². The molecule has 4 aliphatic rings. The molecular formula is C20H28Cl2N2O2. The predicted molar refractivity (Wildman–Crippen MR) is 106 cm³/mol. The van der Waals surface area contributed by atoms with Crippen LogP contribution >= 0.6 is 24.0 Å². The van der Waals surface area contributed by atoms with E-state index in [0.29, 0.717) is 22.6 Å². The first-order valence-electron chi connectivity index (χ1n) is 9.29. The molecular weight excluding hydrogens is 371 g/mol. The zero-order chi connectivity index (χ0) is 17.8. The quantitative estimate of drug-likeness (QED) is 0.806. The summed E-state index contributed by atoms with van der Waals surface area (Å²) in [6.07, 6.45) is 5.65. The normalized spacial score (nSPS) is 34.9. The van der Waals surface area contributed by atoms with E-state index in [4.69, 9.17) is 22.1 Å². The number of ether oxygens (including phenoxy) is 1. The van der Waals surface area contributed by atoms with Gasteiger partial charge in [0.2, 0.25) is 0 Å². The van der Waals surface area contributed by atoms with E-state index in [1.807, 2.05) is 12.1 Å². The third-order valence-corrected chi connectivity index (χ3v) is 6.68. The van der Waals surface area contributed by atoms with Crippen LogP contribution in [0.1, 0.15) is 46.0 Å². The summed E-state index contributed by atoms with van der Waals surface area (Å²) < 4.78 is 5.94. The maximum atomic E-state index is 12.9. The third-order valence-electron chi connectivity index (χ3n) is 6.37. The van der Waals surface area contributed by atoms with E-state index in [9.17, 15) is 4.79 Å². The van der Waals surface area contributed by atoms with E-state index in [2.05, 4.69) is 5.32 Å². The van der Waals surface area contributed by atoms with Gasteiger partial charge in [-0.2, -0.15) is 0 Å². The van der Waals surface area contributed by atoms with Gasteiger partial charge in [-0.3, -0.25) is 4.79 Å². The van der Waals surface area contributed by atoms with Crippen LogP contribution in [0.25, 0.3) is 0 Å². The molecule has 4 aliphatic carbocycles. The lowest BCUT2D eigenvalue weighted by atomic mass is 9.51. The van der Waals surface area contributed by atoms with Gasteiger partial charge in [0.05, 0.1) is 5.02 Å². The van der Waals surface area contributed by atoms with E-state index in [1.165, 1.54) is 19.3 Å². The van der Waals surface area contributed by atoms with Crippen molar-refractivity contribution in [3.8, 4) is 5.75 Å². The molecule has 0 saturated heterocycles. The van der Waals surface area contributed by atoms with E-state index in [1.54, 1.807) is 26.0 Å². The van der Waals surface area contributed by atoms with Crippen LogP contribution in [0.3, 0.4) is 0 Å². The van der Waals surface area contributed by atoms with Crippen molar-refractivity contribution < 1.29 is 9.53 Å². The lowest BCUT2D eigenvalue weighted by Crippen LogP contribution is -2.66. The van der Waals surface area contributed by atoms with Crippen LogP contribution in [0.5, 0.6) is 5.75 Å². The summed E-state index contributed by atoms with van der Waals surface area (Å²) in [5, 5.41) is 3.81. The number of benzene rings is 1.